The standard InChI is InChI=1S/C17H19N3O6S/c21-16(19-22)17(8-11-25-12-9-17)20-27(23,24)14-6-4-13(5-7-14)26-15-3-1-2-10-18-15/h1-7,10,20,22H,8-9,11-12H2,(H,19,21). The quantitative estimate of drug-likeness (QED) is 0.497. The van der Waals surface area contributed by atoms with E-state index in [1.54, 1.807) is 24.4 Å². The summed E-state index contributed by atoms with van der Waals surface area (Å²) in [6, 6.07) is 10.9. The summed E-state index contributed by atoms with van der Waals surface area (Å²) in [4.78, 5) is 16.1. The number of carbonyl (C=O) groups excluding carboxylic acids is 1. The minimum atomic E-state index is -4.01. The van der Waals surface area contributed by atoms with Crippen LogP contribution in [-0.2, 0) is 19.6 Å². The summed E-state index contributed by atoms with van der Waals surface area (Å²) in [5, 5.41) is 9.00. The highest BCUT2D eigenvalue weighted by Crippen LogP contribution is 2.26. The van der Waals surface area contributed by atoms with Crippen molar-refractivity contribution in [2.45, 2.75) is 23.3 Å². The van der Waals surface area contributed by atoms with Gasteiger partial charge >= 0.3 is 0 Å². The van der Waals surface area contributed by atoms with E-state index in [4.69, 9.17) is 14.7 Å². The zero-order valence-electron chi connectivity index (χ0n) is 14.3. The zero-order valence-corrected chi connectivity index (χ0v) is 15.1. The molecule has 3 N–H and O–H groups in total. The Hall–Kier alpha value is -2.53. The molecule has 1 aliphatic heterocycles. The third-order valence-corrected chi connectivity index (χ3v) is 5.76. The maximum absolute atomic E-state index is 12.7. The minimum Gasteiger partial charge on any atom is -0.439 e. The molecule has 1 aliphatic rings. The first-order valence-corrected chi connectivity index (χ1v) is 9.69. The summed E-state index contributed by atoms with van der Waals surface area (Å²) in [5.41, 5.74) is 0.0743. The van der Waals surface area contributed by atoms with E-state index in [9.17, 15) is 13.2 Å². The van der Waals surface area contributed by atoms with E-state index in [0.717, 1.165) is 0 Å². The van der Waals surface area contributed by atoms with Crippen LogP contribution in [0.25, 0.3) is 0 Å². The first kappa shape index (κ1) is 19.2. The lowest BCUT2D eigenvalue weighted by molar-refractivity contribution is -0.139. The largest absolute Gasteiger partial charge is 0.439 e. The molecule has 2 aromatic rings. The predicted molar refractivity (Wildman–Crippen MR) is 93.8 cm³/mol. The second kappa shape index (κ2) is 8.01. The Kier molecular flexibility index (Phi) is 5.71. The van der Waals surface area contributed by atoms with Crippen molar-refractivity contribution in [1.82, 2.24) is 15.2 Å². The van der Waals surface area contributed by atoms with E-state index in [1.807, 2.05) is 0 Å². The first-order chi connectivity index (χ1) is 13.0. The van der Waals surface area contributed by atoms with Crippen molar-refractivity contribution in [3.63, 3.8) is 0 Å². The molecule has 2 heterocycles. The third-order valence-electron chi connectivity index (χ3n) is 4.21. The van der Waals surface area contributed by atoms with Gasteiger partial charge in [0.1, 0.15) is 11.3 Å². The average Bonchev–Trinajstić information content (AvgIpc) is 2.69. The summed E-state index contributed by atoms with van der Waals surface area (Å²) in [7, 11) is -4.01. The number of amides is 1. The van der Waals surface area contributed by atoms with Crippen LogP contribution in [0.2, 0.25) is 0 Å². The van der Waals surface area contributed by atoms with Gasteiger partial charge in [-0.15, -0.1) is 0 Å². The molecule has 1 fully saturated rings. The van der Waals surface area contributed by atoms with Gasteiger partial charge in [-0.2, -0.15) is 4.72 Å². The fourth-order valence-electron chi connectivity index (χ4n) is 2.73. The Morgan fingerprint density at radius 2 is 1.85 bits per heavy atom. The molecule has 27 heavy (non-hydrogen) atoms. The van der Waals surface area contributed by atoms with E-state index in [0.29, 0.717) is 11.6 Å². The number of sulfonamides is 1. The van der Waals surface area contributed by atoms with Crippen LogP contribution in [0.15, 0.2) is 53.6 Å². The molecular formula is C17H19N3O6S. The van der Waals surface area contributed by atoms with Crippen molar-refractivity contribution in [1.29, 1.82) is 0 Å². The van der Waals surface area contributed by atoms with Gasteiger partial charge < -0.3 is 9.47 Å². The molecule has 0 unspecified atom stereocenters. The summed E-state index contributed by atoms with van der Waals surface area (Å²) in [6.07, 6.45) is 1.80. The van der Waals surface area contributed by atoms with Gasteiger partial charge in [-0.3, -0.25) is 10.0 Å². The Balaban J connectivity index is 1.78. The van der Waals surface area contributed by atoms with Gasteiger partial charge in [-0.25, -0.2) is 18.9 Å². The Morgan fingerprint density at radius 1 is 1.15 bits per heavy atom. The molecular weight excluding hydrogens is 374 g/mol. The van der Waals surface area contributed by atoms with Crippen LogP contribution in [0, 0.1) is 0 Å². The molecule has 0 saturated carbocycles. The number of rotatable bonds is 6. The number of ether oxygens (including phenoxy) is 2. The molecule has 1 aromatic heterocycles. The van der Waals surface area contributed by atoms with E-state index in [-0.39, 0.29) is 31.0 Å². The smallest absolute Gasteiger partial charge is 0.264 e. The lowest BCUT2D eigenvalue weighted by Crippen LogP contribution is -2.60. The van der Waals surface area contributed by atoms with Crippen LogP contribution in [0.5, 0.6) is 11.6 Å². The van der Waals surface area contributed by atoms with Gasteiger partial charge in [-0.05, 0) is 43.2 Å². The number of pyridine rings is 1. The number of hydrogen-bond acceptors (Lipinski definition) is 7. The summed E-state index contributed by atoms with van der Waals surface area (Å²) >= 11 is 0. The molecule has 0 aliphatic carbocycles. The summed E-state index contributed by atoms with van der Waals surface area (Å²) in [5.74, 6) is -0.0157. The zero-order chi connectivity index (χ0) is 19.3. The molecule has 0 spiro atoms. The number of hydrogen-bond donors (Lipinski definition) is 3. The highest BCUT2D eigenvalue weighted by atomic mass is 32.2. The Bertz CT molecular complexity index is 881. The molecule has 10 heteroatoms. The Morgan fingerprint density at radius 3 is 2.44 bits per heavy atom. The number of carbonyl (C=O) groups is 1. The molecule has 144 valence electrons. The average molecular weight is 393 g/mol. The second-order valence-corrected chi connectivity index (χ2v) is 7.66. The topological polar surface area (TPSA) is 127 Å². The molecule has 1 saturated heterocycles. The van der Waals surface area contributed by atoms with Crippen molar-refractivity contribution in [3.8, 4) is 11.6 Å². The van der Waals surface area contributed by atoms with Crippen molar-refractivity contribution in [2.75, 3.05) is 13.2 Å². The fraction of sp³-hybridized carbons (Fsp3) is 0.294. The first-order valence-electron chi connectivity index (χ1n) is 8.20. The second-order valence-electron chi connectivity index (χ2n) is 5.98. The van der Waals surface area contributed by atoms with Crippen molar-refractivity contribution in [3.05, 3.63) is 48.7 Å². The van der Waals surface area contributed by atoms with Gasteiger partial charge in [0.25, 0.3) is 5.91 Å². The summed E-state index contributed by atoms with van der Waals surface area (Å²) in [6.45, 7) is 0.402. The highest BCUT2D eigenvalue weighted by Gasteiger charge is 2.43. The van der Waals surface area contributed by atoms with Crippen LogP contribution < -0.4 is 14.9 Å². The number of nitrogens with one attached hydrogen (secondary N) is 2. The van der Waals surface area contributed by atoms with Crippen LogP contribution in [0.3, 0.4) is 0 Å². The lowest BCUT2D eigenvalue weighted by atomic mass is 9.91. The predicted octanol–water partition coefficient (Wildman–Crippen LogP) is 1.21. The number of nitrogens with zero attached hydrogens (tertiary/aromatic N) is 1. The van der Waals surface area contributed by atoms with E-state index in [2.05, 4.69) is 9.71 Å². The molecule has 0 bridgehead atoms. The maximum Gasteiger partial charge on any atom is 0.264 e. The monoisotopic (exact) mass is 393 g/mol. The maximum atomic E-state index is 12.7. The number of hydroxylamine groups is 1. The van der Waals surface area contributed by atoms with Crippen LogP contribution in [0.1, 0.15) is 12.8 Å². The third kappa shape index (κ3) is 4.42. The lowest BCUT2D eigenvalue weighted by Gasteiger charge is -2.35. The van der Waals surface area contributed by atoms with Crippen LogP contribution in [0.4, 0.5) is 0 Å². The molecule has 9 nitrogen and oxygen atoms in total. The molecule has 1 amide bonds. The van der Waals surface area contributed by atoms with Crippen molar-refractivity contribution < 1.29 is 27.9 Å². The molecule has 1 aromatic carbocycles. The SMILES string of the molecule is O=C(NO)C1(NS(=O)(=O)c2ccc(Oc3ccccn3)cc2)CCOCC1. The van der Waals surface area contributed by atoms with Crippen molar-refractivity contribution in [2.24, 2.45) is 0 Å². The molecule has 0 radical (unpaired) electrons. The van der Waals surface area contributed by atoms with Gasteiger partial charge in [0.2, 0.25) is 15.9 Å². The van der Waals surface area contributed by atoms with Crippen molar-refractivity contribution >= 4 is 15.9 Å². The Labute approximate surface area is 156 Å². The fourth-order valence-corrected chi connectivity index (χ4v) is 4.16. The number of benzene rings is 1. The normalized spacial score (nSPS) is 16.5. The van der Waals surface area contributed by atoms with Gasteiger partial charge in [-0.1, -0.05) is 6.07 Å². The van der Waals surface area contributed by atoms with E-state index >= 15 is 0 Å². The summed E-state index contributed by atoms with van der Waals surface area (Å²) < 4.78 is 38.6. The molecule has 3 rings (SSSR count). The van der Waals surface area contributed by atoms with Gasteiger partial charge in [0, 0.05) is 25.5 Å². The minimum absolute atomic E-state index is 0.0347. The van der Waals surface area contributed by atoms with E-state index in [1.165, 1.54) is 29.7 Å². The van der Waals surface area contributed by atoms with Gasteiger partial charge in [0.15, 0.2) is 0 Å². The van der Waals surface area contributed by atoms with Crippen LogP contribution in [-0.4, -0.2) is 43.3 Å². The van der Waals surface area contributed by atoms with Gasteiger partial charge in [0.05, 0.1) is 4.90 Å². The van der Waals surface area contributed by atoms with E-state index < -0.39 is 21.5 Å². The highest BCUT2D eigenvalue weighted by molar-refractivity contribution is 7.89. The molecule has 0 atom stereocenters. The van der Waals surface area contributed by atoms with Crippen LogP contribution >= 0.6 is 0 Å². The number of aromatic nitrogens is 1.